The van der Waals surface area contributed by atoms with Gasteiger partial charge in [-0.1, -0.05) is 24.3 Å². The van der Waals surface area contributed by atoms with Crippen LogP contribution in [0.2, 0.25) is 0 Å². The highest BCUT2D eigenvalue weighted by atomic mass is 32.2. The first-order valence-corrected chi connectivity index (χ1v) is 7.03. The average molecular weight is 323 g/mol. The molecular formula is C15H8F3NO2S. The minimum atomic E-state index is -4.51. The van der Waals surface area contributed by atoms with Crippen molar-refractivity contribution in [3.05, 3.63) is 59.7 Å². The number of amides is 2. The van der Waals surface area contributed by atoms with Crippen molar-refractivity contribution < 1.29 is 22.8 Å². The van der Waals surface area contributed by atoms with Gasteiger partial charge >= 0.3 is 5.51 Å². The molecule has 1 aliphatic heterocycles. The van der Waals surface area contributed by atoms with Crippen molar-refractivity contribution in [1.82, 2.24) is 0 Å². The zero-order chi connectivity index (χ0) is 15.9. The first kappa shape index (κ1) is 14.6. The van der Waals surface area contributed by atoms with Crippen LogP contribution in [0.4, 0.5) is 18.9 Å². The molecule has 3 nitrogen and oxygen atoms in total. The number of para-hydroxylation sites is 1. The number of nitrogens with zero attached hydrogens (tertiary/aromatic N) is 1. The second kappa shape index (κ2) is 5.17. The van der Waals surface area contributed by atoms with Crippen molar-refractivity contribution in [2.45, 2.75) is 10.4 Å². The molecular weight excluding hydrogens is 315 g/mol. The smallest absolute Gasteiger partial charge is 0.268 e. The van der Waals surface area contributed by atoms with E-state index in [4.69, 9.17) is 0 Å². The fraction of sp³-hybridized carbons (Fsp3) is 0.0667. The maximum atomic E-state index is 12.6. The zero-order valence-electron chi connectivity index (χ0n) is 10.9. The first-order chi connectivity index (χ1) is 10.4. The highest BCUT2D eigenvalue weighted by Crippen LogP contribution is 2.43. The predicted molar refractivity (Wildman–Crippen MR) is 75.9 cm³/mol. The number of imide groups is 1. The van der Waals surface area contributed by atoms with Crippen molar-refractivity contribution in [3.63, 3.8) is 0 Å². The number of benzene rings is 2. The summed E-state index contributed by atoms with van der Waals surface area (Å²) in [5.41, 5.74) is -4.18. The highest BCUT2D eigenvalue weighted by Gasteiger charge is 2.39. The lowest BCUT2D eigenvalue weighted by Gasteiger charge is -2.18. The molecule has 0 aromatic heterocycles. The Morgan fingerprint density at radius 2 is 1.32 bits per heavy atom. The summed E-state index contributed by atoms with van der Waals surface area (Å²) < 4.78 is 37.9. The van der Waals surface area contributed by atoms with Crippen LogP contribution < -0.4 is 4.90 Å². The topological polar surface area (TPSA) is 37.4 Å². The Hall–Kier alpha value is -2.28. The van der Waals surface area contributed by atoms with Gasteiger partial charge in [-0.3, -0.25) is 9.59 Å². The molecule has 112 valence electrons. The second-order valence-corrected chi connectivity index (χ2v) is 5.61. The van der Waals surface area contributed by atoms with Gasteiger partial charge < -0.3 is 0 Å². The Morgan fingerprint density at radius 1 is 0.818 bits per heavy atom. The van der Waals surface area contributed by atoms with E-state index in [1.807, 2.05) is 0 Å². The van der Waals surface area contributed by atoms with Gasteiger partial charge in [-0.25, -0.2) is 4.90 Å². The van der Waals surface area contributed by atoms with Crippen LogP contribution >= 0.6 is 11.8 Å². The Morgan fingerprint density at radius 3 is 1.86 bits per heavy atom. The molecule has 0 spiro atoms. The minimum Gasteiger partial charge on any atom is -0.268 e. The van der Waals surface area contributed by atoms with E-state index in [2.05, 4.69) is 0 Å². The van der Waals surface area contributed by atoms with Crippen LogP contribution in [0.1, 0.15) is 20.7 Å². The minimum absolute atomic E-state index is 0.0592. The van der Waals surface area contributed by atoms with Gasteiger partial charge in [-0.2, -0.15) is 13.2 Å². The number of rotatable bonds is 2. The van der Waals surface area contributed by atoms with E-state index in [-0.39, 0.29) is 33.5 Å². The molecule has 1 heterocycles. The van der Waals surface area contributed by atoms with E-state index in [1.54, 1.807) is 12.1 Å². The molecule has 22 heavy (non-hydrogen) atoms. The van der Waals surface area contributed by atoms with Gasteiger partial charge in [-0.05, 0) is 36.0 Å². The number of anilines is 1. The lowest BCUT2D eigenvalue weighted by molar-refractivity contribution is -0.0328. The van der Waals surface area contributed by atoms with E-state index >= 15 is 0 Å². The summed E-state index contributed by atoms with van der Waals surface area (Å²) in [5.74, 6) is -1.23. The average Bonchev–Trinajstić information content (AvgIpc) is 2.71. The van der Waals surface area contributed by atoms with Gasteiger partial charge in [0.15, 0.2) is 0 Å². The number of fused-ring (bicyclic) bond motifs is 1. The fourth-order valence-electron chi connectivity index (χ4n) is 2.26. The third kappa shape index (κ3) is 2.48. The van der Waals surface area contributed by atoms with Crippen molar-refractivity contribution >= 4 is 29.3 Å². The zero-order valence-corrected chi connectivity index (χ0v) is 11.7. The number of carbonyl (C=O) groups excluding carboxylic acids is 2. The fourth-order valence-corrected chi connectivity index (χ4v) is 2.92. The van der Waals surface area contributed by atoms with E-state index < -0.39 is 17.3 Å². The molecule has 2 amide bonds. The summed E-state index contributed by atoms with van der Waals surface area (Å²) in [7, 11) is 0. The van der Waals surface area contributed by atoms with Gasteiger partial charge in [0.1, 0.15) is 0 Å². The number of hydrogen-bond donors (Lipinski definition) is 0. The van der Waals surface area contributed by atoms with E-state index in [0.717, 1.165) is 4.90 Å². The molecule has 0 fully saturated rings. The second-order valence-electron chi connectivity index (χ2n) is 4.51. The first-order valence-electron chi connectivity index (χ1n) is 6.21. The number of thioether (sulfide) groups is 1. The molecule has 7 heteroatoms. The summed E-state index contributed by atoms with van der Waals surface area (Å²) in [4.78, 5) is 25.3. The van der Waals surface area contributed by atoms with E-state index in [1.165, 1.54) is 36.4 Å². The van der Waals surface area contributed by atoms with E-state index in [9.17, 15) is 22.8 Å². The quantitative estimate of drug-likeness (QED) is 0.617. The van der Waals surface area contributed by atoms with Gasteiger partial charge in [0.25, 0.3) is 11.8 Å². The van der Waals surface area contributed by atoms with Crippen molar-refractivity contribution in [3.8, 4) is 0 Å². The Bertz CT molecular complexity index is 738. The molecule has 0 bridgehead atoms. The maximum Gasteiger partial charge on any atom is 0.446 e. The maximum absolute atomic E-state index is 12.6. The van der Waals surface area contributed by atoms with Crippen LogP contribution in [0, 0.1) is 0 Å². The summed E-state index contributed by atoms with van der Waals surface area (Å²) in [5, 5.41) is 0. The van der Waals surface area contributed by atoms with E-state index in [0.29, 0.717) is 0 Å². The molecule has 0 unspecified atom stereocenters. The van der Waals surface area contributed by atoms with Crippen LogP contribution in [0.3, 0.4) is 0 Å². The molecule has 0 saturated carbocycles. The third-order valence-electron chi connectivity index (χ3n) is 3.13. The molecule has 0 saturated heterocycles. The van der Waals surface area contributed by atoms with Crippen LogP contribution in [-0.4, -0.2) is 17.3 Å². The van der Waals surface area contributed by atoms with Gasteiger partial charge in [0.05, 0.1) is 16.8 Å². The van der Waals surface area contributed by atoms with Crippen LogP contribution in [0.15, 0.2) is 53.4 Å². The molecule has 1 aliphatic rings. The largest absolute Gasteiger partial charge is 0.446 e. The molecule has 3 rings (SSSR count). The van der Waals surface area contributed by atoms with Gasteiger partial charge in [0, 0.05) is 4.90 Å². The molecule has 0 atom stereocenters. The number of halogens is 3. The van der Waals surface area contributed by atoms with Crippen LogP contribution in [0.5, 0.6) is 0 Å². The third-order valence-corrected chi connectivity index (χ3v) is 3.92. The summed E-state index contributed by atoms with van der Waals surface area (Å²) in [6.07, 6.45) is 0. The van der Waals surface area contributed by atoms with Crippen LogP contribution in [0.25, 0.3) is 0 Å². The monoisotopic (exact) mass is 323 g/mol. The van der Waals surface area contributed by atoms with Crippen molar-refractivity contribution in [2.75, 3.05) is 4.90 Å². The van der Waals surface area contributed by atoms with Crippen molar-refractivity contribution in [1.29, 1.82) is 0 Å². The Balaban J connectivity index is 2.07. The predicted octanol–water partition coefficient (Wildman–Crippen LogP) is 4.10. The number of alkyl halides is 3. The molecule has 2 aromatic rings. The molecule has 0 N–H and O–H groups in total. The normalized spacial score (nSPS) is 14.4. The van der Waals surface area contributed by atoms with Crippen LogP contribution in [-0.2, 0) is 0 Å². The van der Waals surface area contributed by atoms with Crippen molar-refractivity contribution in [2.24, 2.45) is 0 Å². The van der Waals surface area contributed by atoms with Gasteiger partial charge in [-0.15, -0.1) is 0 Å². The number of hydrogen-bond acceptors (Lipinski definition) is 3. The Labute approximate surface area is 127 Å². The SMILES string of the molecule is O=C1c2ccccc2C(=O)N1c1ccccc1SC(F)(F)F. The summed E-state index contributed by atoms with van der Waals surface area (Å²) >= 11 is -0.349. The highest BCUT2D eigenvalue weighted by molar-refractivity contribution is 8.00. The standard InChI is InChI=1S/C15H8F3NO2S/c16-15(17,18)22-12-8-4-3-7-11(12)19-13(20)9-5-1-2-6-10(9)14(19)21/h1-8H. The molecule has 0 radical (unpaired) electrons. The lowest BCUT2D eigenvalue weighted by atomic mass is 10.1. The molecule has 2 aromatic carbocycles. The number of carbonyl (C=O) groups is 2. The molecule has 0 aliphatic carbocycles. The van der Waals surface area contributed by atoms with Gasteiger partial charge in [0.2, 0.25) is 0 Å². The lowest BCUT2D eigenvalue weighted by Crippen LogP contribution is -2.30. The summed E-state index contributed by atoms with van der Waals surface area (Å²) in [6, 6.07) is 11.6. The Kier molecular flexibility index (Phi) is 3.44. The summed E-state index contributed by atoms with van der Waals surface area (Å²) in [6.45, 7) is 0.